The maximum atomic E-state index is 11.6. The molecule has 0 aliphatic heterocycles. The molecule has 5 heteroatoms. The van der Waals surface area contributed by atoms with Gasteiger partial charge < -0.3 is 9.84 Å². The summed E-state index contributed by atoms with van der Waals surface area (Å²) in [7, 11) is 1.34. The van der Waals surface area contributed by atoms with Crippen LogP contribution in [0.1, 0.15) is 37.5 Å². The molecular formula is C21H17NO4. The highest BCUT2D eigenvalue weighted by Gasteiger charge is 2.11. The molecule has 0 aliphatic rings. The quantitative estimate of drug-likeness (QED) is 0.716. The number of benzene rings is 2. The Hall–Kier alpha value is -3.47. The van der Waals surface area contributed by atoms with E-state index in [0.717, 1.165) is 11.1 Å². The number of aryl methyl sites for hydroxylation is 1. The summed E-state index contributed by atoms with van der Waals surface area (Å²) in [6, 6.07) is 14.0. The van der Waals surface area contributed by atoms with E-state index in [9.17, 15) is 14.7 Å². The predicted molar refractivity (Wildman–Crippen MR) is 100 cm³/mol. The van der Waals surface area contributed by atoms with Crippen molar-refractivity contribution in [3.8, 4) is 0 Å². The number of pyridine rings is 1. The lowest BCUT2D eigenvalue weighted by molar-refractivity contribution is 0.0600. The summed E-state index contributed by atoms with van der Waals surface area (Å²) >= 11 is 0. The number of esters is 1. The second kappa shape index (κ2) is 7.19. The van der Waals surface area contributed by atoms with Crippen molar-refractivity contribution in [3.63, 3.8) is 0 Å². The molecule has 0 unspecified atom stereocenters. The Morgan fingerprint density at radius 1 is 1.04 bits per heavy atom. The molecule has 130 valence electrons. The van der Waals surface area contributed by atoms with Gasteiger partial charge in [-0.3, -0.25) is 0 Å². The lowest BCUT2D eigenvalue weighted by atomic mass is 10.0. The van der Waals surface area contributed by atoms with Crippen LogP contribution in [0, 0.1) is 6.92 Å². The molecule has 0 fully saturated rings. The SMILES string of the molecule is COC(=O)c1ccc(/C=C/c2cc(C(=O)O)c3cc(C)ccc3n2)cc1. The van der Waals surface area contributed by atoms with Gasteiger partial charge in [0.15, 0.2) is 0 Å². The maximum absolute atomic E-state index is 11.6. The number of nitrogens with zero attached hydrogens (tertiary/aromatic N) is 1. The van der Waals surface area contributed by atoms with E-state index in [4.69, 9.17) is 0 Å². The smallest absolute Gasteiger partial charge is 0.337 e. The minimum Gasteiger partial charge on any atom is -0.478 e. The van der Waals surface area contributed by atoms with Crippen LogP contribution < -0.4 is 0 Å². The highest BCUT2D eigenvalue weighted by molar-refractivity contribution is 6.03. The molecule has 0 aliphatic carbocycles. The first kappa shape index (κ1) is 17.4. The summed E-state index contributed by atoms with van der Waals surface area (Å²) in [6.07, 6.45) is 3.56. The Morgan fingerprint density at radius 2 is 1.77 bits per heavy atom. The molecule has 3 rings (SSSR count). The van der Waals surface area contributed by atoms with Gasteiger partial charge in [-0.05, 0) is 48.9 Å². The first-order valence-corrected chi connectivity index (χ1v) is 7.99. The first-order valence-electron chi connectivity index (χ1n) is 7.99. The molecule has 0 spiro atoms. The van der Waals surface area contributed by atoms with Crippen molar-refractivity contribution in [2.24, 2.45) is 0 Å². The Kier molecular flexibility index (Phi) is 4.80. The van der Waals surface area contributed by atoms with Crippen LogP contribution in [0.2, 0.25) is 0 Å². The van der Waals surface area contributed by atoms with Crippen molar-refractivity contribution in [1.29, 1.82) is 0 Å². The van der Waals surface area contributed by atoms with Crippen LogP contribution in [-0.2, 0) is 4.74 Å². The van der Waals surface area contributed by atoms with Crippen LogP contribution in [0.25, 0.3) is 23.1 Å². The van der Waals surface area contributed by atoms with Gasteiger partial charge in [-0.15, -0.1) is 0 Å². The molecule has 5 nitrogen and oxygen atoms in total. The maximum Gasteiger partial charge on any atom is 0.337 e. The van der Waals surface area contributed by atoms with E-state index >= 15 is 0 Å². The molecule has 1 heterocycles. The monoisotopic (exact) mass is 347 g/mol. The molecular weight excluding hydrogens is 330 g/mol. The number of hydrogen-bond donors (Lipinski definition) is 1. The number of carboxylic acid groups (broad SMARTS) is 1. The van der Waals surface area contributed by atoms with E-state index in [1.54, 1.807) is 36.4 Å². The standard InChI is InChI=1S/C21H17NO4/c1-13-3-10-19-17(11-13)18(20(23)24)12-16(22-19)9-6-14-4-7-15(8-5-14)21(25)26-2/h3-12H,1-2H3,(H,23,24)/b9-6+. The summed E-state index contributed by atoms with van der Waals surface area (Å²) < 4.78 is 4.67. The van der Waals surface area contributed by atoms with E-state index in [0.29, 0.717) is 22.2 Å². The second-order valence-corrected chi connectivity index (χ2v) is 5.87. The number of methoxy groups -OCH3 is 1. The topological polar surface area (TPSA) is 76.5 Å². The average molecular weight is 347 g/mol. The number of hydrogen-bond acceptors (Lipinski definition) is 4. The largest absolute Gasteiger partial charge is 0.478 e. The van der Waals surface area contributed by atoms with Gasteiger partial charge in [0.05, 0.1) is 29.4 Å². The van der Waals surface area contributed by atoms with Crippen LogP contribution in [0.3, 0.4) is 0 Å². The third kappa shape index (κ3) is 3.62. The number of rotatable bonds is 4. The molecule has 0 saturated heterocycles. The van der Waals surface area contributed by atoms with Crippen LogP contribution in [0.5, 0.6) is 0 Å². The summed E-state index contributed by atoms with van der Waals surface area (Å²) in [5.41, 5.74) is 3.72. The minimum absolute atomic E-state index is 0.222. The average Bonchev–Trinajstić information content (AvgIpc) is 2.65. The van der Waals surface area contributed by atoms with Crippen LogP contribution in [0.15, 0.2) is 48.5 Å². The number of aromatic carboxylic acids is 1. The van der Waals surface area contributed by atoms with Gasteiger partial charge >= 0.3 is 11.9 Å². The number of carboxylic acids is 1. The molecule has 0 amide bonds. The molecule has 0 atom stereocenters. The number of aromatic nitrogens is 1. The number of ether oxygens (including phenoxy) is 1. The van der Waals surface area contributed by atoms with Gasteiger partial charge in [0.1, 0.15) is 0 Å². The molecule has 2 aromatic carbocycles. The summed E-state index contributed by atoms with van der Waals surface area (Å²) in [5, 5.41) is 10.1. The first-order chi connectivity index (χ1) is 12.5. The van der Waals surface area contributed by atoms with E-state index in [2.05, 4.69) is 9.72 Å². The van der Waals surface area contributed by atoms with Gasteiger partial charge in [0, 0.05) is 5.39 Å². The lowest BCUT2D eigenvalue weighted by Gasteiger charge is -2.05. The minimum atomic E-state index is -0.986. The van der Waals surface area contributed by atoms with Crippen molar-refractivity contribution < 1.29 is 19.4 Å². The Labute approximate surface area is 150 Å². The van der Waals surface area contributed by atoms with Crippen molar-refractivity contribution in [3.05, 3.63) is 76.5 Å². The number of carbonyl (C=O) groups is 2. The number of carbonyl (C=O) groups excluding carboxylic acids is 1. The fourth-order valence-electron chi connectivity index (χ4n) is 2.65. The summed E-state index contributed by atoms with van der Waals surface area (Å²) in [4.78, 5) is 27.5. The normalized spacial score (nSPS) is 11.0. The van der Waals surface area contributed by atoms with Crippen molar-refractivity contribution in [2.45, 2.75) is 6.92 Å². The van der Waals surface area contributed by atoms with Crippen molar-refractivity contribution >= 4 is 35.0 Å². The molecule has 1 N–H and O–H groups in total. The molecule has 0 radical (unpaired) electrons. The zero-order valence-electron chi connectivity index (χ0n) is 14.4. The van der Waals surface area contributed by atoms with Gasteiger partial charge in [-0.1, -0.05) is 29.8 Å². The van der Waals surface area contributed by atoms with E-state index in [1.807, 2.05) is 31.2 Å². The molecule has 0 saturated carbocycles. The van der Waals surface area contributed by atoms with Gasteiger partial charge in [-0.2, -0.15) is 0 Å². The highest BCUT2D eigenvalue weighted by Crippen LogP contribution is 2.21. The van der Waals surface area contributed by atoms with E-state index in [-0.39, 0.29) is 5.56 Å². The molecule has 1 aromatic heterocycles. The lowest BCUT2D eigenvalue weighted by Crippen LogP contribution is -2.00. The van der Waals surface area contributed by atoms with Crippen molar-refractivity contribution in [1.82, 2.24) is 4.98 Å². The summed E-state index contributed by atoms with van der Waals surface area (Å²) in [6.45, 7) is 1.91. The Bertz CT molecular complexity index is 1020. The number of fused-ring (bicyclic) bond motifs is 1. The highest BCUT2D eigenvalue weighted by atomic mass is 16.5. The van der Waals surface area contributed by atoms with Gasteiger partial charge in [0.2, 0.25) is 0 Å². The molecule has 0 bridgehead atoms. The van der Waals surface area contributed by atoms with Crippen LogP contribution in [-0.4, -0.2) is 29.1 Å². The van der Waals surface area contributed by atoms with Crippen molar-refractivity contribution in [2.75, 3.05) is 7.11 Å². The zero-order chi connectivity index (χ0) is 18.7. The predicted octanol–water partition coefficient (Wildman–Crippen LogP) is 4.20. The fraction of sp³-hybridized carbons (Fsp3) is 0.0952. The van der Waals surface area contributed by atoms with Gasteiger partial charge in [-0.25, -0.2) is 14.6 Å². The Balaban J connectivity index is 1.95. The zero-order valence-corrected chi connectivity index (χ0v) is 14.4. The van der Waals surface area contributed by atoms with Crippen LogP contribution >= 0.6 is 0 Å². The second-order valence-electron chi connectivity index (χ2n) is 5.87. The summed E-state index contributed by atoms with van der Waals surface area (Å²) in [5.74, 6) is -1.38. The molecule has 26 heavy (non-hydrogen) atoms. The van der Waals surface area contributed by atoms with Gasteiger partial charge in [0.25, 0.3) is 0 Å². The van der Waals surface area contributed by atoms with E-state index < -0.39 is 11.9 Å². The van der Waals surface area contributed by atoms with E-state index in [1.165, 1.54) is 7.11 Å². The molecule has 3 aromatic rings. The third-order valence-corrected chi connectivity index (χ3v) is 3.99. The Morgan fingerprint density at radius 3 is 2.42 bits per heavy atom. The third-order valence-electron chi connectivity index (χ3n) is 3.99. The fourth-order valence-corrected chi connectivity index (χ4v) is 2.65. The van der Waals surface area contributed by atoms with Crippen LogP contribution in [0.4, 0.5) is 0 Å².